The van der Waals surface area contributed by atoms with Crippen LogP contribution in [-0.4, -0.2) is 48.2 Å². The lowest BCUT2D eigenvalue weighted by molar-refractivity contribution is -0.128. The molecular formula is C14H30N2O2. The topological polar surface area (TPSA) is 52.6 Å². The van der Waals surface area contributed by atoms with Crippen LogP contribution in [0.25, 0.3) is 0 Å². The van der Waals surface area contributed by atoms with Gasteiger partial charge < -0.3 is 15.3 Å². The van der Waals surface area contributed by atoms with E-state index in [9.17, 15) is 4.79 Å². The summed E-state index contributed by atoms with van der Waals surface area (Å²) in [4.78, 5) is 13.6. The van der Waals surface area contributed by atoms with Crippen molar-refractivity contribution in [3.63, 3.8) is 0 Å². The number of hydrogen-bond acceptors (Lipinski definition) is 3. The minimum Gasteiger partial charge on any atom is -0.384 e. The summed E-state index contributed by atoms with van der Waals surface area (Å²) in [6, 6.07) is 0. The molecule has 0 rings (SSSR count). The van der Waals surface area contributed by atoms with Crippen LogP contribution in [0.4, 0.5) is 0 Å². The molecule has 0 saturated heterocycles. The quantitative estimate of drug-likeness (QED) is 0.555. The van der Waals surface area contributed by atoms with E-state index in [1.807, 2.05) is 0 Å². The van der Waals surface area contributed by atoms with Crippen LogP contribution in [0.3, 0.4) is 0 Å². The van der Waals surface area contributed by atoms with Crippen LogP contribution < -0.4 is 5.32 Å². The molecule has 0 aromatic carbocycles. The van der Waals surface area contributed by atoms with Gasteiger partial charge in [0, 0.05) is 6.54 Å². The first-order chi connectivity index (χ1) is 8.61. The highest BCUT2D eigenvalue weighted by atomic mass is 16.3. The Morgan fingerprint density at radius 2 is 1.61 bits per heavy atom. The van der Waals surface area contributed by atoms with Crippen LogP contribution in [0, 0.1) is 0 Å². The van der Waals surface area contributed by atoms with E-state index in [2.05, 4.69) is 24.1 Å². The lowest BCUT2D eigenvalue weighted by atomic mass is 10.2. The minimum atomic E-state index is -0.902. The molecule has 0 radical (unpaired) electrons. The van der Waals surface area contributed by atoms with Crippen LogP contribution in [0.5, 0.6) is 0 Å². The van der Waals surface area contributed by atoms with Crippen LogP contribution in [0.1, 0.15) is 52.9 Å². The first-order valence-electron chi connectivity index (χ1n) is 7.29. The van der Waals surface area contributed by atoms with Crippen LogP contribution in [0.15, 0.2) is 0 Å². The van der Waals surface area contributed by atoms with E-state index in [0.717, 1.165) is 26.1 Å². The van der Waals surface area contributed by atoms with Crippen molar-refractivity contribution in [1.82, 2.24) is 10.2 Å². The summed E-state index contributed by atoms with van der Waals surface area (Å²) in [5.74, 6) is -0.274. The number of aliphatic hydroxyl groups is 1. The Balaban J connectivity index is 3.70. The number of carbonyl (C=O) groups excluding carboxylic acids is 1. The summed E-state index contributed by atoms with van der Waals surface area (Å²) in [5, 5.41) is 11.8. The molecule has 0 aromatic rings. The maximum Gasteiger partial charge on any atom is 0.248 e. The molecule has 0 aliphatic heterocycles. The van der Waals surface area contributed by atoms with Gasteiger partial charge in [0.05, 0.1) is 0 Å². The molecule has 1 atom stereocenters. The third kappa shape index (κ3) is 9.42. The lowest BCUT2D eigenvalue weighted by Gasteiger charge is -2.22. The fourth-order valence-electron chi connectivity index (χ4n) is 1.76. The Morgan fingerprint density at radius 3 is 2.06 bits per heavy atom. The van der Waals surface area contributed by atoms with E-state index in [1.54, 1.807) is 0 Å². The maximum absolute atomic E-state index is 11.2. The van der Waals surface area contributed by atoms with Gasteiger partial charge in [0.1, 0.15) is 6.10 Å². The SMILES string of the molecule is CCCCN(CCCC)CCCNC(=O)C(C)O. The Hall–Kier alpha value is -0.610. The molecule has 4 heteroatoms. The molecular weight excluding hydrogens is 228 g/mol. The molecule has 1 unspecified atom stereocenters. The molecule has 0 spiro atoms. The van der Waals surface area contributed by atoms with Crippen molar-refractivity contribution < 1.29 is 9.90 Å². The number of nitrogens with zero attached hydrogens (tertiary/aromatic N) is 1. The van der Waals surface area contributed by atoms with Crippen LogP contribution >= 0.6 is 0 Å². The molecule has 0 fully saturated rings. The van der Waals surface area contributed by atoms with Crippen molar-refractivity contribution in [1.29, 1.82) is 0 Å². The Bertz CT molecular complexity index is 200. The van der Waals surface area contributed by atoms with Gasteiger partial charge in [0.25, 0.3) is 0 Å². The predicted molar refractivity (Wildman–Crippen MR) is 75.6 cm³/mol. The molecule has 108 valence electrons. The smallest absolute Gasteiger partial charge is 0.248 e. The number of unbranched alkanes of at least 4 members (excludes halogenated alkanes) is 2. The minimum absolute atomic E-state index is 0.274. The highest BCUT2D eigenvalue weighted by molar-refractivity contribution is 5.79. The molecule has 0 heterocycles. The molecule has 1 amide bonds. The summed E-state index contributed by atoms with van der Waals surface area (Å²) in [5.41, 5.74) is 0. The summed E-state index contributed by atoms with van der Waals surface area (Å²) < 4.78 is 0. The fraction of sp³-hybridized carbons (Fsp3) is 0.929. The molecule has 0 bridgehead atoms. The second-order valence-electron chi connectivity index (χ2n) is 4.87. The number of amides is 1. The average molecular weight is 258 g/mol. The largest absolute Gasteiger partial charge is 0.384 e. The molecule has 2 N–H and O–H groups in total. The number of carbonyl (C=O) groups is 1. The predicted octanol–water partition coefficient (Wildman–Crippen LogP) is 1.78. The third-order valence-corrected chi connectivity index (χ3v) is 2.99. The van der Waals surface area contributed by atoms with Gasteiger partial charge in [0.2, 0.25) is 5.91 Å². The van der Waals surface area contributed by atoms with Gasteiger partial charge in [-0.15, -0.1) is 0 Å². The van der Waals surface area contributed by atoms with Gasteiger partial charge >= 0.3 is 0 Å². The number of nitrogens with one attached hydrogen (secondary N) is 1. The zero-order chi connectivity index (χ0) is 13.8. The van der Waals surface area contributed by atoms with E-state index < -0.39 is 6.10 Å². The average Bonchev–Trinajstić information content (AvgIpc) is 2.36. The number of rotatable bonds is 11. The standard InChI is InChI=1S/C14H30N2O2/c1-4-6-10-16(11-7-5-2)12-8-9-15-14(18)13(3)17/h13,17H,4-12H2,1-3H3,(H,15,18). The van der Waals surface area contributed by atoms with Crippen molar-refractivity contribution in [2.45, 2.75) is 59.0 Å². The van der Waals surface area contributed by atoms with Gasteiger partial charge in [-0.25, -0.2) is 0 Å². The van der Waals surface area contributed by atoms with Crippen molar-refractivity contribution in [3.05, 3.63) is 0 Å². The first kappa shape index (κ1) is 17.4. The molecule has 0 aliphatic rings. The zero-order valence-corrected chi connectivity index (χ0v) is 12.2. The summed E-state index contributed by atoms with van der Waals surface area (Å²) in [7, 11) is 0. The van der Waals surface area contributed by atoms with Crippen molar-refractivity contribution in [2.75, 3.05) is 26.2 Å². The van der Waals surface area contributed by atoms with Crippen molar-refractivity contribution in [3.8, 4) is 0 Å². The molecule has 0 aromatic heterocycles. The van der Waals surface area contributed by atoms with Gasteiger partial charge in [0.15, 0.2) is 0 Å². The fourth-order valence-corrected chi connectivity index (χ4v) is 1.76. The Morgan fingerprint density at radius 1 is 1.11 bits per heavy atom. The van der Waals surface area contributed by atoms with E-state index in [-0.39, 0.29) is 5.91 Å². The van der Waals surface area contributed by atoms with Crippen LogP contribution in [-0.2, 0) is 4.79 Å². The first-order valence-corrected chi connectivity index (χ1v) is 7.29. The van der Waals surface area contributed by atoms with E-state index >= 15 is 0 Å². The monoisotopic (exact) mass is 258 g/mol. The van der Waals surface area contributed by atoms with Crippen LogP contribution in [0.2, 0.25) is 0 Å². The van der Waals surface area contributed by atoms with Gasteiger partial charge in [-0.05, 0) is 45.8 Å². The second kappa shape index (κ2) is 11.5. The Kier molecular flexibility index (Phi) is 11.1. The molecule has 0 saturated carbocycles. The lowest BCUT2D eigenvalue weighted by Crippen LogP contribution is -2.35. The molecule has 18 heavy (non-hydrogen) atoms. The number of hydrogen-bond donors (Lipinski definition) is 2. The highest BCUT2D eigenvalue weighted by Gasteiger charge is 2.08. The van der Waals surface area contributed by atoms with Gasteiger partial charge in [-0.3, -0.25) is 4.79 Å². The second-order valence-corrected chi connectivity index (χ2v) is 4.87. The molecule has 4 nitrogen and oxygen atoms in total. The van der Waals surface area contributed by atoms with E-state index in [1.165, 1.54) is 32.6 Å². The van der Waals surface area contributed by atoms with E-state index in [0.29, 0.717) is 6.54 Å². The molecule has 0 aliphatic carbocycles. The highest BCUT2D eigenvalue weighted by Crippen LogP contribution is 2.00. The van der Waals surface area contributed by atoms with Crippen molar-refractivity contribution in [2.24, 2.45) is 0 Å². The summed E-state index contributed by atoms with van der Waals surface area (Å²) in [6.45, 7) is 9.89. The van der Waals surface area contributed by atoms with Gasteiger partial charge in [-0.1, -0.05) is 26.7 Å². The normalized spacial score (nSPS) is 12.7. The van der Waals surface area contributed by atoms with Gasteiger partial charge in [-0.2, -0.15) is 0 Å². The van der Waals surface area contributed by atoms with Crippen molar-refractivity contribution >= 4 is 5.91 Å². The third-order valence-electron chi connectivity index (χ3n) is 2.99. The zero-order valence-electron chi connectivity index (χ0n) is 12.2. The number of aliphatic hydroxyl groups excluding tert-OH is 1. The Labute approximate surface area is 112 Å². The summed E-state index contributed by atoms with van der Waals surface area (Å²) in [6.07, 6.45) is 4.98. The summed E-state index contributed by atoms with van der Waals surface area (Å²) >= 11 is 0. The maximum atomic E-state index is 11.2. The van der Waals surface area contributed by atoms with E-state index in [4.69, 9.17) is 5.11 Å².